The third-order valence-electron chi connectivity index (χ3n) is 8.99. The van der Waals surface area contributed by atoms with E-state index >= 15 is 0 Å². The molecule has 44 heavy (non-hydrogen) atoms. The molecule has 234 valence electrons. The summed E-state index contributed by atoms with van der Waals surface area (Å²) in [5, 5.41) is 0.117. The maximum absolute atomic E-state index is 13.9. The van der Waals surface area contributed by atoms with E-state index in [1.54, 1.807) is 16.7 Å². The lowest BCUT2D eigenvalue weighted by Crippen LogP contribution is -2.43. The Bertz CT molecular complexity index is 1410. The minimum absolute atomic E-state index is 0.117. The highest BCUT2D eigenvalue weighted by molar-refractivity contribution is 7.99. The molecule has 0 atom stereocenters. The van der Waals surface area contributed by atoms with Crippen LogP contribution in [-0.4, -0.2) is 67.0 Å². The van der Waals surface area contributed by atoms with E-state index in [9.17, 15) is 4.79 Å². The van der Waals surface area contributed by atoms with Crippen molar-refractivity contribution in [1.29, 1.82) is 0 Å². The molecule has 2 saturated heterocycles. The van der Waals surface area contributed by atoms with Gasteiger partial charge in [0.1, 0.15) is 12.4 Å². The molecule has 3 aromatic carbocycles. The van der Waals surface area contributed by atoms with Crippen LogP contribution >= 0.6 is 11.8 Å². The molecule has 2 fully saturated rings. The molecule has 1 amide bonds. The molecule has 8 nitrogen and oxygen atoms in total. The second-order valence-electron chi connectivity index (χ2n) is 13.0. The van der Waals surface area contributed by atoms with E-state index in [2.05, 4.69) is 67.9 Å². The maximum Gasteiger partial charge on any atom is 0.419 e. The number of anilines is 4. The summed E-state index contributed by atoms with van der Waals surface area (Å²) in [5.74, 6) is 0.856. The number of fused-ring (bicyclic) bond motifs is 2. The molecule has 0 aromatic heterocycles. The third kappa shape index (κ3) is 6.58. The van der Waals surface area contributed by atoms with Crippen LogP contribution in [0.1, 0.15) is 26.3 Å². The average molecular weight is 634 g/mol. The quantitative estimate of drug-likeness (QED) is 0.256. The summed E-state index contributed by atoms with van der Waals surface area (Å²) in [6.07, 6.45) is -0.396. The topological polar surface area (TPSA) is 63.7 Å². The first kappa shape index (κ1) is 30.8. The van der Waals surface area contributed by atoms with Crippen LogP contribution in [0.5, 0.6) is 5.75 Å². The summed E-state index contributed by atoms with van der Waals surface area (Å²) in [6.45, 7) is 17.6. The Labute approximate surface area is 266 Å². The number of nitrogens with zero attached hydrogens (tertiary/aromatic N) is 3. The Morgan fingerprint density at radius 2 is 1.30 bits per heavy atom. The lowest BCUT2D eigenvalue weighted by atomic mass is 10.2. The zero-order chi connectivity index (χ0) is 30.9. The molecule has 3 aliphatic rings. The van der Waals surface area contributed by atoms with E-state index in [0.29, 0.717) is 0 Å². The average Bonchev–Trinajstić information content (AvgIpc) is 3.02. The largest absolute Gasteiger partial charge is 0.544 e. The summed E-state index contributed by atoms with van der Waals surface area (Å²) in [7, 11) is -1.93. The van der Waals surface area contributed by atoms with Crippen molar-refractivity contribution in [2.45, 2.75) is 55.3 Å². The normalized spacial score (nSPS) is 17.2. The first-order chi connectivity index (χ1) is 21.1. The van der Waals surface area contributed by atoms with Gasteiger partial charge in [-0.15, -0.1) is 0 Å². The predicted molar refractivity (Wildman–Crippen MR) is 180 cm³/mol. The molecule has 0 unspecified atom stereocenters. The monoisotopic (exact) mass is 633 g/mol. The molecule has 0 N–H and O–H groups in total. The minimum atomic E-state index is -1.93. The van der Waals surface area contributed by atoms with Crippen LogP contribution < -0.4 is 19.1 Å². The summed E-state index contributed by atoms with van der Waals surface area (Å²) < 4.78 is 23.5. The smallest absolute Gasteiger partial charge is 0.419 e. The summed E-state index contributed by atoms with van der Waals surface area (Å²) in [5.41, 5.74) is 4.86. The molecule has 0 saturated carbocycles. The van der Waals surface area contributed by atoms with Gasteiger partial charge in [0.15, 0.2) is 0 Å². The van der Waals surface area contributed by atoms with Crippen molar-refractivity contribution in [3.05, 3.63) is 66.2 Å². The number of rotatable bonds is 6. The highest BCUT2D eigenvalue weighted by Gasteiger charge is 2.39. The van der Waals surface area contributed by atoms with Crippen LogP contribution in [0.4, 0.5) is 27.5 Å². The Morgan fingerprint density at radius 1 is 0.795 bits per heavy atom. The molecule has 0 aliphatic carbocycles. The predicted octanol–water partition coefficient (Wildman–Crippen LogP) is 7.68. The van der Waals surface area contributed by atoms with Gasteiger partial charge in [0.2, 0.25) is 8.32 Å². The van der Waals surface area contributed by atoms with Crippen LogP contribution in [0, 0.1) is 0 Å². The summed E-state index contributed by atoms with van der Waals surface area (Å²) in [6, 6.07) is 20.6. The Kier molecular flexibility index (Phi) is 8.88. The molecular formula is C34H43N3O5SSi. The summed E-state index contributed by atoms with van der Waals surface area (Å²) in [4.78, 5) is 22.3. The van der Waals surface area contributed by atoms with E-state index in [4.69, 9.17) is 18.6 Å². The van der Waals surface area contributed by atoms with Gasteiger partial charge in [-0.25, -0.2) is 9.69 Å². The fraction of sp³-hybridized carbons (Fsp3) is 0.441. The molecule has 6 rings (SSSR count). The molecule has 0 radical (unpaired) electrons. The highest BCUT2D eigenvalue weighted by atomic mass is 32.2. The van der Waals surface area contributed by atoms with E-state index in [1.165, 1.54) is 0 Å². The molecule has 10 heteroatoms. The first-order valence-corrected chi connectivity index (χ1v) is 19.2. The lowest BCUT2D eigenvalue weighted by molar-refractivity contribution is 0.122. The van der Waals surface area contributed by atoms with Gasteiger partial charge < -0.3 is 28.4 Å². The first-order valence-electron chi connectivity index (χ1n) is 15.5. The number of ether oxygens (including phenoxy) is 3. The van der Waals surface area contributed by atoms with Gasteiger partial charge in [-0.3, -0.25) is 0 Å². The van der Waals surface area contributed by atoms with Gasteiger partial charge in [0.25, 0.3) is 0 Å². The second-order valence-corrected chi connectivity index (χ2v) is 18.8. The van der Waals surface area contributed by atoms with E-state index in [1.807, 2.05) is 36.4 Å². The SMILES string of the molecule is CC(C)(C)[Si](C)(C)Oc1ccc(COC(=O)N2c3ccc(N4CCOCC4)cc3Sc3cc(N4CCOCC4)ccc32)cc1. The fourth-order valence-corrected chi connectivity index (χ4v) is 7.49. The number of amides is 1. The van der Waals surface area contributed by atoms with E-state index in [0.717, 1.165) is 96.5 Å². The highest BCUT2D eigenvalue weighted by Crippen LogP contribution is 2.50. The number of morpholine rings is 2. The molecule has 3 aromatic rings. The van der Waals surface area contributed by atoms with Crippen LogP contribution in [0.3, 0.4) is 0 Å². The Hall–Kier alpha value is -3.18. The fourth-order valence-electron chi connectivity index (χ4n) is 5.33. The Morgan fingerprint density at radius 3 is 1.77 bits per heavy atom. The van der Waals surface area contributed by atoms with Gasteiger partial charge in [-0.05, 0) is 72.2 Å². The van der Waals surface area contributed by atoms with Crippen molar-refractivity contribution in [2.24, 2.45) is 0 Å². The van der Waals surface area contributed by atoms with Crippen molar-refractivity contribution in [2.75, 3.05) is 67.3 Å². The summed E-state index contributed by atoms with van der Waals surface area (Å²) >= 11 is 1.71. The second kappa shape index (κ2) is 12.7. The van der Waals surface area contributed by atoms with Crippen LogP contribution in [-0.2, 0) is 20.8 Å². The van der Waals surface area contributed by atoms with Gasteiger partial charge in [-0.1, -0.05) is 44.7 Å². The number of hydrogen-bond acceptors (Lipinski definition) is 8. The zero-order valence-electron chi connectivity index (χ0n) is 26.4. The Balaban J connectivity index is 1.23. The molecule has 0 spiro atoms. The number of carbonyl (C=O) groups excluding carboxylic acids is 1. The number of hydrogen-bond donors (Lipinski definition) is 0. The van der Waals surface area contributed by atoms with Gasteiger partial charge >= 0.3 is 6.09 Å². The van der Waals surface area contributed by atoms with E-state index < -0.39 is 14.4 Å². The van der Waals surface area contributed by atoms with Crippen molar-refractivity contribution in [1.82, 2.24) is 0 Å². The molecule has 3 aliphatic heterocycles. The standard InChI is InChI=1S/C34H43N3O5SSi/c1-34(2,3)44(4,5)42-28-10-6-25(7-11-28)24-41-33(38)37-29-12-8-26(35-14-18-39-19-15-35)22-31(29)43-32-23-27(9-13-30(32)37)36-16-20-40-21-17-36/h6-13,22-23H,14-21,24H2,1-5H3. The van der Waals surface area contributed by atoms with Crippen LogP contribution in [0.25, 0.3) is 0 Å². The van der Waals surface area contributed by atoms with Gasteiger partial charge in [0.05, 0.1) is 37.8 Å². The molecule has 3 heterocycles. The van der Waals surface area contributed by atoms with Crippen molar-refractivity contribution >= 4 is 48.9 Å². The van der Waals surface area contributed by atoms with Crippen LogP contribution in [0.2, 0.25) is 18.1 Å². The molecule has 0 bridgehead atoms. The van der Waals surface area contributed by atoms with Crippen molar-refractivity contribution in [3.8, 4) is 5.75 Å². The van der Waals surface area contributed by atoms with Gasteiger partial charge in [-0.2, -0.15) is 0 Å². The number of benzene rings is 3. The van der Waals surface area contributed by atoms with Crippen LogP contribution in [0.15, 0.2) is 70.5 Å². The van der Waals surface area contributed by atoms with Crippen molar-refractivity contribution in [3.63, 3.8) is 0 Å². The zero-order valence-corrected chi connectivity index (χ0v) is 28.2. The maximum atomic E-state index is 13.9. The molecular weight excluding hydrogens is 591 g/mol. The number of carbonyl (C=O) groups is 1. The third-order valence-corrected chi connectivity index (χ3v) is 14.4. The van der Waals surface area contributed by atoms with Crippen molar-refractivity contribution < 1.29 is 23.4 Å². The van der Waals surface area contributed by atoms with Gasteiger partial charge in [0, 0.05) is 47.3 Å². The minimum Gasteiger partial charge on any atom is -0.544 e. The lowest BCUT2D eigenvalue weighted by Gasteiger charge is -2.36. The van der Waals surface area contributed by atoms with E-state index in [-0.39, 0.29) is 11.6 Å².